The number of nitriles is 1. The molecule has 2 N–H and O–H groups in total. The van der Waals surface area contributed by atoms with Gasteiger partial charge < -0.3 is 29.1 Å². The van der Waals surface area contributed by atoms with Crippen molar-refractivity contribution in [3.8, 4) is 11.8 Å². The number of amides is 3. The summed E-state index contributed by atoms with van der Waals surface area (Å²) >= 11 is 5.59. The summed E-state index contributed by atoms with van der Waals surface area (Å²) in [6, 6.07) is 13.6. The fourth-order valence-corrected chi connectivity index (χ4v) is 6.20. The van der Waals surface area contributed by atoms with Crippen LogP contribution in [0.15, 0.2) is 65.3 Å². The second kappa shape index (κ2) is 18.0. The van der Waals surface area contributed by atoms with E-state index >= 15 is 4.39 Å². The number of unbranched alkanes of at least 4 members (excludes halogenated alkanes) is 1. The molecule has 290 valence electrons. The molecule has 0 saturated carbocycles. The quantitative estimate of drug-likeness (QED) is 0.0510. The molecule has 4 rings (SSSR count). The van der Waals surface area contributed by atoms with Crippen LogP contribution in [0.25, 0.3) is 11.0 Å². The van der Waals surface area contributed by atoms with Crippen LogP contribution in [-0.2, 0) is 20.6 Å². The lowest BCUT2D eigenvalue weighted by atomic mass is 9.95. The molecule has 11 nitrogen and oxygen atoms in total. The number of nitrogens with one attached hydrogen (secondary N) is 2. The van der Waals surface area contributed by atoms with Gasteiger partial charge in [-0.25, -0.2) is 4.39 Å². The van der Waals surface area contributed by atoms with Crippen molar-refractivity contribution in [3.05, 3.63) is 88.9 Å². The molecule has 0 spiro atoms. The Morgan fingerprint density at radius 1 is 1.05 bits per heavy atom. The van der Waals surface area contributed by atoms with Gasteiger partial charge in [0, 0.05) is 42.3 Å². The van der Waals surface area contributed by atoms with Gasteiger partial charge in [-0.15, -0.1) is 0 Å². The summed E-state index contributed by atoms with van der Waals surface area (Å²) in [6.45, 7) is 5.47. The molecule has 3 amide bonds. The van der Waals surface area contributed by atoms with Crippen molar-refractivity contribution >= 4 is 64.2 Å². The molecule has 3 aromatic carbocycles. The van der Waals surface area contributed by atoms with E-state index in [1.807, 2.05) is 13.0 Å². The minimum absolute atomic E-state index is 0.0154. The number of thiocarbonyl (C=S) groups is 1. The van der Waals surface area contributed by atoms with Gasteiger partial charge in [0.2, 0.25) is 12.3 Å². The fraction of sp³-hybridized carbons (Fsp3) is 0.333. The zero-order valence-corrected chi connectivity index (χ0v) is 31.3. The number of fused-ring (bicyclic) bond motifs is 1. The molecular formula is C39H39F4N5O6S. The molecule has 0 fully saturated rings. The number of rotatable bonds is 16. The first-order valence-corrected chi connectivity index (χ1v) is 17.5. The van der Waals surface area contributed by atoms with Gasteiger partial charge in [-0.2, -0.15) is 18.4 Å². The number of aldehydes is 1. The highest BCUT2D eigenvalue weighted by atomic mass is 32.1. The lowest BCUT2D eigenvalue weighted by Gasteiger charge is -2.39. The van der Waals surface area contributed by atoms with Crippen molar-refractivity contribution < 1.29 is 45.9 Å². The van der Waals surface area contributed by atoms with Gasteiger partial charge in [-0.3, -0.25) is 19.7 Å². The average molecular weight is 782 g/mol. The van der Waals surface area contributed by atoms with Crippen LogP contribution in [0.4, 0.5) is 28.9 Å². The van der Waals surface area contributed by atoms with Crippen LogP contribution in [-0.4, -0.2) is 55.4 Å². The fourth-order valence-electron chi connectivity index (χ4n) is 5.76. The SMILES string of the molecule is CC(CCC(=O)NC=O)c1coc2ccc(OCCCCNC(=O)c3ccc(N(C(=S)N(C)c4ccc(C#N)c(C(F)(F)F)c4)C(C)(C)C=O)cc3F)cc12. The molecule has 16 heteroatoms. The second-order valence-electron chi connectivity index (χ2n) is 13.2. The van der Waals surface area contributed by atoms with Crippen molar-refractivity contribution in [1.82, 2.24) is 10.6 Å². The maximum absolute atomic E-state index is 15.5. The molecule has 55 heavy (non-hydrogen) atoms. The Hall–Kier alpha value is -5.82. The maximum atomic E-state index is 15.5. The molecule has 1 unspecified atom stereocenters. The largest absolute Gasteiger partial charge is 0.494 e. The van der Waals surface area contributed by atoms with E-state index in [2.05, 4.69) is 10.6 Å². The Morgan fingerprint density at radius 3 is 2.44 bits per heavy atom. The lowest BCUT2D eigenvalue weighted by Crippen LogP contribution is -2.54. The third-order valence-corrected chi connectivity index (χ3v) is 9.33. The predicted molar refractivity (Wildman–Crippen MR) is 201 cm³/mol. The third-order valence-electron chi connectivity index (χ3n) is 8.87. The highest BCUT2D eigenvalue weighted by molar-refractivity contribution is 7.80. The topological polar surface area (TPSA) is 145 Å². The van der Waals surface area contributed by atoms with Gasteiger partial charge in [-0.1, -0.05) is 6.92 Å². The van der Waals surface area contributed by atoms with Crippen molar-refractivity contribution in [2.24, 2.45) is 0 Å². The van der Waals surface area contributed by atoms with Gasteiger partial charge in [0.25, 0.3) is 5.91 Å². The van der Waals surface area contributed by atoms with Crippen molar-refractivity contribution in [1.29, 1.82) is 5.26 Å². The third kappa shape index (κ3) is 10.2. The van der Waals surface area contributed by atoms with Gasteiger partial charge in [0.1, 0.15) is 23.4 Å². The Balaban J connectivity index is 1.35. The number of imide groups is 1. The zero-order chi connectivity index (χ0) is 40.5. The van der Waals surface area contributed by atoms with Gasteiger partial charge in [-0.05, 0) is 106 Å². The summed E-state index contributed by atoms with van der Waals surface area (Å²) in [5.41, 5.74) is -1.79. The number of alkyl halides is 3. The molecule has 0 saturated heterocycles. The smallest absolute Gasteiger partial charge is 0.417 e. The number of carbonyl (C=O) groups excluding carboxylic acids is 4. The minimum Gasteiger partial charge on any atom is -0.494 e. The van der Waals surface area contributed by atoms with E-state index in [0.717, 1.165) is 29.1 Å². The molecule has 0 bridgehead atoms. The molecule has 4 aromatic rings. The van der Waals surface area contributed by atoms with E-state index in [0.29, 0.717) is 49.9 Å². The number of hydrogen-bond donors (Lipinski definition) is 2. The molecule has 0 aliphatic rings. The van der Waals surface area contributed by atoms with E-state index in [9.17, 15) is 32.3 Å². The number of hydrogen-bond acceptors (Lipinski definition) is 8. The predicted octanol–water partition coefficient (Wildman–Crippen LogP) is 7.41. The number of furan rings is 1. The number of benzene rings is 3. The molecule has 1 aromatic heterocycles. The van der Waals surface area contributed by atoms with E-state index in [-0.39, 0.29) is 46.8 Å². The summed E-state index contributed by atoms with van der Waals surface area (Å²) in [6.07, 6.45) is -0.498. The van der Waals surface area contributed by atoms with Crippen LogP contribution in [0.5, 0.6) is 5.75 Å². The van der Waals surface area contributed by atoms with E-state index in [1.165, 1.54) is 55.0 Å². The number of anilines is 2. The summed E-state index contributed by atoms with van der Waals surface area (Å²) in [5, 5.41) is 14.7. The summed E-state index contributed by atoms with van der Waals surface area (Å²) in [7, 11) is 1.38. The second-order valence-corrected chi connectivity index (χ2v) is 13.6. The van der Waals surface area contributed by atoms with Gasteiger partial charge in [0.15, 0.2) is 5.11 Å². The summed E-state index contributed by atoms with van der Waals surface area (Å²) in [4.78, 5) is 49.7. The normalized spacial score (nSPS) is 12.0. The zero-order valence-electron chi connectivity index (χ0n) is 30.5. The maximum Gasteiger partial charge on any atom is 0.417 e. The van der Waals surface area contributed by atoms with Crippen molar-refractivity contribution in [2.45, 2.75) is 64.1 Å². The van der Waals surface area contributed by atoms with Gasteiger partial charge in [0.05, 0.1) is 41.2 Å². The Labute approximate surface area is 320 Å². The number of halogens is 4. The minimum atomic E-state index is -4.82. The Morgan fingerprint density at radius 2 is 1.78 bits per heavy atom. The first kappa shape index (κ1) is 41.9. The first-order chi connectivity index (χ1) is 26.0. The van der Waals surface area contributed by atoms with Crippen LogP contribution < -0.4 is 25.2 Å². The molecular weight excluding hydrogens is 743 g/mol. The summed E-state index contributed by atoms with van der Waals surface area (Å²) in [5.74, 6) is -1.37. The summed E-state index contributed by atoms with van der Waals surface area (Å²) < 4.78 is 68.0. The van der Waals surface area contributed by atoms with Gasteiger partial charge >= 0.3 is 6.18 Å². The van der Waals surface area contributed by atoms with Crippen molar-refractivity contribution in [3.63, 3.8) is 0 Å². The highest BCUT2D eigenvalue weighted by Gasteiger charge is 2.36. The Bertz CT molecular complexity index is 2110. The molecule has 1 heterocycles. The van der Waals surface area contributed by atoms with Crippen LogP contribution in [0.3, 0.4) is 0 Å². The number of carbonyl (C=O) groups is 4. The lowest BCUT2D eigenvalue weighted by molar-refractivity contribution is -0.137. The number of nitrogens with zero attached hydrogens (tertiary/aromatic N) is 3. The molecule has 1 atom stereocenters. The molecule has 0 aliphatic heterocycles. The molecule has 0 radical (unpaired) electrons. The first-order valence-electron chi connectivity index (χ1n) is 17.1. The van der Waals surface area contributed by atoms with Crippen molar-refractivity contribution in [2.75, 3.05) is 30.0 Å². The standard InChI is InChI=1S/C39H39F4N5O6S/c1-24(7-14-35(51)46-23-50)31-21-54-34-13-11-28(19-30(31)34)53-16-6-5-15-45-36(52)29-12-10-27(18-33(29)40)48(38(2,3)22-49)37(55)47(4)26-9-8-25(20-44)32(17-26)39(41,42)43/h8-13,17-19,21-24H,5-7,14-16H2,1-4H3,(H,45,52)(H,46,50,51). The van der Waals surface area contributed by atoms with Crippen LogP contribution in [0, 0.1) is 17.1 Å². The average Bonchev–Trinajstić information content (AvgIpc) is 3.57. The number of ether oxygens (including phenoxy) is 1. The van der Waals surface area contributed by atoms with Crippen LogP contribution >= 0.6 is 12.2 Å². The van der Waals surface area contributed by atoms with Crippen LogP contribution in [0.1, 0.15) is 79.4 Å². The molecule has 0 aliphatic carbocycles. The Kier molecular flexibility index (Phi) is 13.7. The monoisotopic (exact) mass is 781 g/mol. The van der Waals surface area contributed by atoms with Crippen LogP contribution in [0.2, 0.25) is 0 Å². The van der Waals surface area contributed by atoms with E-state index in [4.69, 9.17) is 26.6 Å². The highest BCUT2D eigenvalue weighted by Crippen LogP contribution is 2.36. The van der Waals surface area contributed by atoms with E-state index in [1.54, 1.807) is 18.4 Å². The van der Waals surface area contributed by atoms with E-state index < -0.39 is 34.6 Å².